The van der Waals surface area contributed by atoms with Gasteiger partial charge in [-0.2, -0.15) is 0 Å². The van der Waals surface area contributed by atoms with Crippen LogP contribution in [0.1, 0.15) is 0 Å². The normalized spacial score (nSPS) is 10.0. The monoisotopic (exact) mass is 980 g/mol. The van der Waals surface area contributed by atoms with E-state index < -0.39 is 15.8 Å². The summed E-state index contributed by atoms with van der Waals surface area (Å²) in [5.41, 5.74) is 0. The molecule has 0 saturated carbocycles. The predicted molar refractivity (Wildman–Crippen MR) is 205 cm³/mol. The molecule has 0 aliphatic heterocycles. The molecule has 0 aromatic heterocycles. The van der Waals surface area contributed by atoms with Crippen LogP contribution in [-0.2, 0) is 10.8 Å². The SMILES string of the molecule is [CH3-].[I][Re][I].c1ccc(P(c2ccccc2)c2ccccc2)cc1.c1ccc(P(c2ccccc2)c2ccccc2)cc1. The van der Waals surface area contributed by atoms with Crippen molar-refractivity contribution in [3.05, 3.63) is 189 Å². The van der Waals surface area contributed by atoms with Gasteiger partial charge in [0.25, 0.3) is 0 Å². The van der Waals surface area contributed by atoms with Gasteiger partial charge in [-0.05, 0) is 47.7 Å². The molecule has 0 saturated heterocycles. The van der Waals surface area contributed by atoms with Crippen LogP contribution < -0.4 is 31.8 Å². The number of rotatable bonds is 6. The van der Waals surface area contributed by atoms with Crippen LogP contribution in [0.25, 0.3) is 0 Å². The summed E-state index contributed by atoms with van der Waals surface area (Å²) < 4.78 is 0. The van der Waals surface area contributed by atoms with Gasteiger partial charge in [0.1, 0.15) is 0 Å². The Hall–Kier alpha value is -1.70. The fourth-order valence-electron chi connectivity index (χ4n) is 4.36. The van der Waals surface area contributed by atoms with Gasteiger partial charge in [-0.15, -0.1) is 0 Å². The molecule has 0 unspecified atom stereocenters. The minimum absolute atomic E-state index is 0. The third kappa shape index (κ3) is 10.8. The van der Waals surface area contributed by atoms with E-state index in [1.807, 2.05) is 0 Å². The zero-order valence-electron chi connectivity index (χ0n) is 23.3. The van der Waals surface area contributed by atoms with Crippen LogP contribution in [0.5, 0.6) is 0 Å². The number of halogens is 2. The molecule has 213 valence electrons. The number of hydrogen-bond donors (Lipinski definition) is 0. The maximum Gasteiger partial charge on any atom is -0.0134 e. The van der Waals surface area contributed by atoms with Crippen LogP contribution in [-0.4, -0.2) is 0 Å². The molecular weight excluding hydrogens is 946 g/mol. The molecule has 0 bridgehead atoms. The van der Waals surface area contributed by atoms with E-state index in [9.17, 15) is 0 Å². The summed E-state index contributed by atoms with van der Waals surface area (Å²) in [6.45, 7) is 0. The summed E-state index contributed by atoms with van der Waals surface area (Å²) >= 11 is 4.86. The molecule has 0 fully saturated rings. The third-order valence-corrected chi connectivity index (χ3v) is 11.0. The zero-order chi connectivity index (χ0) is 28.5. The van der Waals surface area contributed by atoms with Gasteiger partial charge in [-0.1, -0.05) is 182 Å². The Bertz CT molecular complexity index is 1200. The molecule has 6 aromatic rings. The third-order valence-electron chi connectivity index (χ3n) is 6.09. The van der Waals surface area contributed by atoms with E-state index in [4.69, 9.17) is 0 Å². The Labute approximate surface area is 284 Å². The van der Waals surface area contributed by atoms with Gasteiger partial charge in [-0.25, -0.2) is 0 Å². The van der Waals surface area contributed by atoms with Crippen LogP contribution in [0, 0.1) is 7.43 Å². The van der Waals surface area contributed by atoms with Gasteiger partial charge >= 0.3 is 49.8 Å². The molecule has 42 heavy (non-hydrogen) atoms. The van der Waals surface area contributed by atoms with Gasteiger partial charge in [0.15, 0.2) is 0 Å². The average molecular weight is 980 g/mol. The van der Waals surface area contributed by atoms with Gasteiger partial charge in [0.05, 0.1) is 0 Å². The Morgan fingerprint density at radius 2 is 0.405 bits per heavy atom. The molecule has 0 aliphatic carbocycles. The largest absolute Gasteiger partial charge is 0.0622 e. The van der Waals surface area contributed by atoms with Crippen molar-refractivity contribution in [3.63, 3.8) is 0 Å². The van der Waals surface area contributed by atoms with E-state index in [0.717, 1.165) is 0 Å². The second-order valence-electron chi connectivity index (χ2n) is 8.74. The summed E-state index contributed by atoms with van der Waals surface area (Å²) in [5, 5.41) is 8.39. The summed E-state index contributed by atoms with van der Waals surface area (Å²) in [5.74, 6) is 0. The second-order valence-corrected chi connectivity index (χ2v) is 33.0. The van der Waals surface area contributed by atoms with Crippen molar-refractivity contribution in [1.29, 1.82) is 0 Å². The molecule has 0 spiro atoms. The van der Waals surface area contributed by atoms with Crippen molar-refractivity contribution < 1.29 is 10.8 Å². The molecule has 0 atom stereocenters. The summed E-state index contributed by atoms with van der Waals surface area (Å²) in [4.78, 5) is 0. The minimum Gasteiger partial charge on any atom is -0.0622 e. The van der Waals surface area contributed by atoms with Crippen LogP contribution in [0.15, 0.2) is 182 Å². The molecule has 0 nitrogen and oxygen atoms in total. The topological polar surface area (TPSA) is 0 Å². The van der Waals surface area contributed by atoms with Gasteiger partial charge in [0.2, 0.25) is 0 Å². The molecular formula is C37H33I2P2Re-. The molecule has 0 radical (unpaired) electrons. The van der Waals surface area contributed by atoms with Gasteiger partial charge in [-0.3, -0.25) is 0 Å². The number of benzene rings is 6. The Morgan fingerprint density at radius 3 is 0.524 bits per heavy atom. The van der Waals surface area contributed by atoms with E-state index in [2.05, 4.69) is 221 Å². The van der Waals surface area contributed by atoms with Crippen molar-refractivity contribution >= 4 is 86.7 Å². The first kappa shape index (κ1) is 34.8. The van der Waals surface area contributed by atoms with E-state index in [-0.39, 0.29) is 18.2 Å². The number of hydrogen-bond acceptors (Lipinski definition) is 0. The van der Waals surface area contributed by atoms with Crippen molar-refractivity contribution in [1.82, 2.24) is 0 Å². The average Bonchev–Trinajstić information content (AvgIpc) is 3.05. The first-order valence-corrected chi connectivity index (χ1v) is 31.2. The Kier molecular flexibility index (Phi) is 16.8. The molecule has 6 rings (SSSR count). The molecule has 0 amide bonds. The van der Waals surface area contributed by atoms with Crippen molar-refractivity contribution in [3.8, 4) is 0 Å². The molecule has 0 N–H and O–H groups in total. The molecule has 6 aromatic carbocycles. The molecule has 0 heterocycles. The van der Waals surface area contributed by atoms with E-state index in [1.54, 1.807) is 0 Å². The van der Waals surface area contributed by atoms with Crippen LogP contribution in [0.4, 0.5) is 0 Å². The van der Waals surface area contributed by atoms with E-state index in [0.29, 0.717) is 0 Å². The first-order valence-electron chi connectivity index (χ1n) is 13.1. The predicted octanol–water partition coefficient (Wildman–Crippen LogP) is 9.11. The second kappa shape index (κ2) is 20.3. The van der Waals surface area contributed by atoms with E-state index in [1.165, 1.54) is 31.8 Å². The van der Waals surface area contributed by atoms with Crippen molar-refractivity contribution in [2.75, 3.05) is 0 Å². The summed E-state index contributed by atoms with van der Waals surface area (Å²) in [6, 6.07) is 64.7. The Balaban J connectivity index is 0.000000207. The maximum absolute atomic E-state index is 2.43. The fourth-order valence-corrected chi connectivity index (χ4v) is 8.97. The summed E-state index contributed by atoms with van der Waals surface area (Å²) in [6.07, 6.45) is 0. The van der Waals surface area contributed by atoms with E-state index >= 15 is 0 Å². The van der Waals surface area contributed by atoms with Crippen LogP contribution in [0.2, 0.25) is 0 Å². The van der Waals surface area contributed by atoms with Crippen molar-refractivity contribution in [2.45, 2.75) is 0 Å². The van der Waals surface area contributed by atoms with Gasteiger partial charge in [0, 0.05) is 0 Å². The molecule has 0 aliphatic rings. The quantitative estimate of drug-likeness (QED) is 0.0889. The maximum atomic E-state index is 2.43. The minimum atomic E-state index is -0.446. The van der Waals surface area contributed by atoms with Crippen LogP contribution >= 0.6 is 54.9 Å². The smallest absolute Gasteiger partial charge is 0.0134 e. The van der Waals surface area contributed by atoms with Crippen LogP contribution in [0.3, 0.4) is 0 Å². The van der Waals surface area contributed by atoms with Gasteiger partial charge < -0.3 is 7.43 Å². The fraction of sp³-hybridized carbons (Fsp3) is 0. The molecule has 5 heteroatoms. The zero-order valence-corrected chi connectivity index (χ0v) is 32.2. The van der Waals surface area contributed by atoms with Crippen molar-refractivity contribution in [2.24, 2.45) is 0 Å². The standard InChI is InChI=1S/2C18H15P.CH3.2HI.Re/c2*1-4-10-16(11-5-1)19(17-12-6-2-7-13-17)18-14-8-3-9-15-18;;;;/h2*1-15H;1H3;2*1H;/q;;-1;;;+2/p-2. The summed E-state index contributed by atoms with van der Waals surface area (Å²) in [7, 11) is -0.619. The Morgan fingerprint density at radius 1 is 0.286 bits per heavy atom. The first-order chi connectivity index (χ1) is 20.3.